The quantitative estimate of drug-likeness (QED) is 0.804. The molecule has 0 radical (unpaired) electrons. The summed E-state index contributed by atoms with van der Waals surface area (Å²) in [4.78, 5) is 29.1. The van der Waals surface area contributed by atoms with Crippen LogP contribution < -0.4 is 5.32 Å². The van der Waals surface area contributed by atoms with Crippen molar-refractivity contribution in [2.75, 3.05) is 33.2 Å². The molecule has 0 unspecified atom stereocenters. The van der Waals surface area contributed by atoms with Crippen LogP contribution in [0.5, 0.6) is 0 Å². The van der Waals surface area contributed by atoms with Crippen LogP contribution in [0.1, 0.15) is 37.8 Å². The van der Waals surface area contributed by atoms with E-state index < -0.39 is 0 Å². The molecule has 0 bridgehead atoms. The van der Waals surface area contributed by atoms with Crippen LogP contribution in [0.25, 0.3) is 0 Å². The van der Waals surface area contributed by atoms with Gasteiger partial charge in [0.05, 0.1) is 10.0 Å². The number of nitrogens with zero attached hydrogens (tertiary/aromatic N) is 2. The molecule has 6 nitrogen and oxygen atoms in total. The van der Waals surface area contributed by atoms with Crippen LogP contribution in [-0.4, -0.2) is 54.8 Å². The summed E-state index contributed by atoms with van der Waals surface area (Å²) in [5, 5.41) is 2.90. The van der Waals surface area contributed by atoms with Gasteiger partial charge in [-0.3, -0.25) is 9.59 Å². The van der Waals surface area contributed by atoms with Gasteiger partial charge in [0.15, 0.2) is 0 Å². The zero-order valence-corrected chi connectivity index (χ0v) is 17.4. The Morgan fingerprint density at radius 2 is 1.70 bits per heavy atom. The van der Waals surface area contributed by atoms with E-state index >= 15 is 0 Å². The summed E-state index contributed by atoms with van der Waals surface area (Å²) in [6.07, 6.45) is 0. The molecule has 0 atom stereocenters. The van der Waals surface area contributed by atoms with Crippen molar-refractivity contribution in [3.05, 3.63) is 56.9 Å². The summed E-state index contributed by atoms with van der Waals surface area (Å²) in [6.45, 7) is 7.28. The highest BCUT2D eigenvalue weighted by molar-refractivity contribution is 9.10. The lowest BCUT2D eigenvalue weighted by Gasteiger charge is -2.32. The molecule has 0 spiro atoms. The first-order valence-electron chi connectivity index (χ1n) is 8.97. The van der Waals surface area contributed by atoms with Crippen molar-refractivity contribution < 1.29 is 14.0 Å². The molecule has 0 aliphatic carbocycles. The second kappa shape index (κ2) is 8.27. The molecule has 1 aromatic carbocycles. The van der Waals surface area contributed by atoms with Crippen molar-refractivity contribution in [1.29, 1.82) is 0 Å². The van der Waals surface area contributed by atoms with Crippen molar-refractivity contribution in [2.24, 2.45) is 0 Å². The third kappa shape index (κ3) is 4.42. The van der Waals surface area contributed by atoms with Crippen LogP contribution in [-0.2, 0) is 6.54 Å². The average Bonchev–Trinajstić information content (AvgIpc) is 2.92. The van der Waals surface area contributed by atoms with E-state index in [1.165, 1.54) is 0 Å². The van der Waals surface area contributed by atoms with E-state index in [4.69, 9.17) is 4.42 Å². The number of benzene rings is 1. The predicted molar refractivity (Wildman–Crippen MR) is 107 cm³/mol. The van der Waals surface area contributed by atoms with Gasteiger partial charge in [-0.2, -0.15) is 0 Å². The van der Waals surface area contributed by atoms with E-state index in [0.717, 1.165) is 31.7 Å². The topological polar surface area (TPSA) is 65.8 Å². The molecule has 1 aromatic heterocycles. The maximum absolute atomic E-state index is 12.6. The normalized spacial score (nSPS) is 15.0. The smallest absolute Gasteiger partial charge is 0.256 e. The Morgan fingerprint density at radius 1 is 1.07 bits per heavy atom. The Morgan fingerprint density at radius 3 is 2.26 bits per heavy atom. The summed E-state index contributed by atoms with van der Waals surface area (Å²) in [7, 11) is 2.07. The van der Waals surface area contributed by atoms with Crippen LogP contribution >= 0.6 is 15.9 Å². The lowest BCUT2D eigenvalue weighted by Crippen LogP contribution is -2.47. The molecule has 2 aromatic rings. The van der Waals surface area contributed by atoms with E-state index in [1.807, 2.05) is 36.1 Å². The Labute approximate surface area is 167 Å². The number of hydrogen-bond donors (Lipinski definition) is 1. The van der Waals surface area contributed by atoms with Gasteiger partial charge in [-0.15, -0.1) is 0 Å². The van der Waals surface area contributed by atoms with Gasteiger partial charge >= 0.3 is 0 Å². The first-order valence-corrected chi connectivity index (χ1v) is 9.76. The summed E-state index contributed by atoms with van der Waals surface area (Å²) in [5.74, 6) is 1.15. The van der Waals surface area contributed by atoms with Crippen LogP contribution in [0.4, 0.5) is 0 Å². The monoisotopic (exact) mass is 433 g/mol. The number of amides is 2. The van der Waals surface area contributed by atoms with Gasteiger partial charge in [-0.25, -0.2) is 0 Å². The van der Waals surface area contributed by atoms with Crippen LogP contribution in [0.3, 0.4) is 0 Å². The fourth-order valence-corrected chi connectivity index (χ4v) is 3.68. The summed E-state index contributed by atoms with van der Waals surface area (Å²) in [5.41, 5.74) is 2.14. The Balaban J connectivity index is 1.59. The Hall–Kier alpha value is -2.12. The third-order valence-corrected chi connectivity index (χ3v) is 5.81. The van der Waals surface area contributed by atoms with Crippen LogP contribution in [0.2, 0.25) is 0 Å². The Bertz CT molecular complexity index is 837. The van der Waals surface area contributed by atoms with Gasteiger partial charge in [0.2, 0.25) is 0 Å². The number of halogens is 1. The number of nitrogens with one attached hydrogen (secondary N) is 1. The molecule has 2 amide bonds. The number of carbonyl (C=O) groups is 2. The van der Waals surface area contributed by atoms with Crippen molar-refractivity contribution >= 4 is 27.7 Å². The van der Waals surface area contributed by atoms with Gasteiger partial charge in [0.1, 0.15) is 11.5 Å². The van der Waals surface area contributed by atoms with E-state index in [9.17, 15) is 9.59 Å². The van der Waals surface area contributed by atoms with E-state index in [1.54, 1.807) is 6.92 Å². The molecule has 1 aliphatic heterocycles. The highest BCUT2D eigenvalue weighted by atomic mass is 79.9. The van der Waals surface area contributed by atoms with Crippen LogP contribution in [0, 0.1) is 13.8 Å². The highest BCUT2D eigenvalue weighted by Crippen LogP contribution is 2.27. The maximum atomic E-state index is 12.6. The molecule has 0 saturated carbocycles. The second-order valence-electron chi connectivity index (χ2n) is 6.88. The molecule has 1 N–H and O–H groups in total. The average molecular weight is 434 g/mol. The van der Waals surface area contributed by atoms with Crippen molar-refractivity contribution in [2.45, 2.75) is 20.4 Å². The fourth-order valence-electron chi connectivity index (χ4n) is 3.14. The fraction of sp³-hybridized carbons (Fsp3) is 0.400. The molecule has 3 rings (SSSR count). The molecule has 1 fully saturated rings. The third-order valence-electron chi connectivity index (χ3n) is 4.86. The van der Waals surface area contributed by atoms with Gasteiger partial charge in [-0.05, 0) is 54.5 Å². The number of furan rings is 1. The van der Waals surface area contributed by atoms with Gasteiger partial charge < -0.3 is 19.5 Å². The molecule has 144 valence electrons. The first-order chi connectivity index (χ1) is 12.9. The number of rotatable bonds is 4. The van der Waals surface area contributed by atoms with Crippen molar-refractivity contribution in [3.63, 3.8) is 0 Å². The van der Waals surface area contributed by atoms with Gasteiger partial charge in [0.25, 0.3) is 11.8 Å². The maximum Gasteiger partial charge on any atom is 0.256 e. The van der Waals surface area contributed by atoms with E-state index in [0.29, 0.717) is 33.7 Å². The lowest BCUT2D eigenvalue weighted by atomic mass is 10.1. The lowest BCUT2D eigenvalue weighted by molar-refractivity contribution is 0.0664. The van der Waals surface area contributed by atoms with Crippen molar-refractivity contribution in [3.8, 4) is 0 Å². The summed E-state index contributed by atoms with van der Waals surface area (Å²) < 4.78 is 6.16. The largest absolute Gasteiger partial charge is 0.465 e. The summed E-state index contributed by atoms with van der Waals surface area (Å²) in [6, 6.07) is 7.41. The molecule has 7 heteroatoms. The number of likely N-dealkylation sites (N-methyl/N-ethyl adjacent to an activating group) is 1. The van der Waals surface area contributed by atoms with E-state index in [2.05, 4.69) is 33.2 Å². The number of hydrogen-bond acceptors (Lipinski definition) is 4. The van der Waals surface area contributed by atoms with Gasteiger partial charge in [-0.1, -0.05) is 12.1 Å². The predicted octanol–water partition coefficient (Wildman–Crippen LogP) is 2.98. The molecule has 2 heterocycles. The molecule has 1 saturated heterocycles. The molecular weight excluding hydrogens is 410 g/mol. The van der Waals surface area contributed by atoms with E-state index in [-0.39, 0.29) is 11.8 Å². The number of carbonyl (C=O) groups excluding carboxylic acids is 2. The second-order valence-corrected chi connectivity index (χ2v) is 7.67. The zero-order valence-electron chi connectivity index (χ0n) is 15.8. The number of aryl methyl sites for hydroxylation is 2. The Kier molecular flexibility index (Phi) is 6.01. The molecule has 27 heavy (non-hydrogen) atoms. The minimum Gasteiger partial charge on any atom is -0.465 e. The first kappa shape index (κ1) is 19.6. The van der Waals surface area contributed by atoms with Crippen molar-refractivity contribution in [1.82, 2.24) is 15.1 Å². The summed E-state index contributed by atoms with van der Waals surface area (Å²) >= 11 is 3.40. The minimum atomic E-state index is -0.186. The van der Waals surface area contributed by atoms with Gasteiger partial charge in [0, 0.05) is 38.3 Å². The SMILES string of the molecule is Cc1oc(C)c(C(=O)NCc2ccc(C(=O)N3CCN(C)CC3)cc2)c1Br. The highest BCUT2D eigenvalue weighted by Gasteiger charge is 2.21. The zero-order chi connectivity index (χ0) is 19.6. The number of piperazine rings is 1. The standard InChI is InChI=1S/C20H24BrN3O3/c1-13-17(18(21)14(2)27-13)19(25)22-12-15-4-6-16(7-5-15)20(26)24-10-8-23(3)9-11-24/h4-7H,8-12H2,1-3H3,(H,22,25). The minimum absolute atomic E-state index is 0.0621. The van der Waals surface area contributed by atoms with Crippen LogP contribution in [0.15, 0.2) is 33.2 Å². The molecular formula is C20H24BrN3O3. The molecule has 1 aliphatic rings.